The lowest BCUT2D eigenvalue weighted by atomic mass is 10.1. The van der Waals surface area contributed by atoms with Gasteiger partial charge in [0.25, 0.3) is 0 Å². The van der Waals surface area contributed by atoms with E-state index in [0.717, 1.165) is 11.3 Å². The Morgan fingerprint density at radius 3 is 2.79 bits per heavy atom. The van der Waals surface area contributed by atoms with Gasteiger partial charge in [-0.3, -0.25) is 9.59 Å². The van der Waals surface area contributed by atoms with Crippen LogP contribution >= 0.6 is 0 Å². The van der Waals surface area contributed by atoms with Gasteiger partial charge in [-0.2, -0.15) is 0 Å². The van der Waals surface area contributed by atoms with E-state index in [2.05, 4.69) is 5.32 Å². The number of benzene rings is 1. The Bertz CT molecular complexity index is 431. The summed E-state index contributed by atoms with van der Waals surface area (Å²) in [7, 11) is 1.61. The maximum atomic E-state index is 11.5. The third kappa shape index (κ3) is 6.45. The summed E-state index contributed by atoms with van der Waals surface area (Å²) in [4.78, 5) is 21.8. The first kappa shape index (κ1) is 15.0. The molecule has 0 aromatic heterocycles. The molecule has 0 saturated heterocycles. The van der Waals surface area contributed by atoms with Gasteiger partial charge in [0.15, 0.2) is 0 Å². The molecule has 0 radical (unpaired) electrons. The minimum atomic E-state index is -0.842. The number of hydrogen-bond acceptors (Lipinski definition) is 3. The number of carboxylic acid groups (broad SMARTS) is 1. The van der Waals surface area contributed by atoms with Crippen molar-refractivity contribution in [3.8, 4) is 5.75 Å². The van der Waals surface area contributed by atoms with Crippen LogP contribution in [0.25, 0.3) is 0 Å². The van der Waals surface area contributed by atoms with Crippen molar-refractivity contribution in [3.63, 3.8) is 0 Å². The predicted octanol–water partition coefficient (Wildman–Crippen LogP) is 1.61. The number of carbonyl (C=O) groups is 2. The minimum absolute atomic E-state index is 0.0618. The number of ether oxygens (including phenoxy) is 1. The van der Waals surface area contributed by atoms with Crippen LogP contribution in [0.4, 0.5) is 0 Å². The van der Waals surface area contributed by atoms with Crippen LogP contribution in [0.3, 0.4) is 0 Å². The average molecular weight is 265 g/mol. The van der Waals surface area contributed by atoms with Gasteiger partial charge in [0.05, 0.1) is 7.11 Å². The summed E-state index contributed by atoms with van der Waals surface area (Å²) in [5.74, 6) is -0.127. The number of carbonyl (C=O) groups excluding carboxylic acids is 1. The molecule has 5 heteroatoms. The van der Waals surface area contributed by atoms with Gasteiger partial charge >= 0.3 is 5.97 Å². The van der Waals surface area contributed by atoms with Crippen molar-refractivity contribution in [2.75, 3.05) is 13.7 Å². The normalized spacial score (nSPS) is 9.95. The number of aryl methyl sites for hydroxylation is 1. The highest BCUT2D eigenvalue weighted by Crippen LogP contribution is 2.13. The molecule has 0 aliphatic carbocycles. The molecule has 0 atom stereocenters. The molecule has 1 rings (SSSR count). The Labute approximate surface area is 112 Å². The first-order chi connectivity index (χ1) is 9.11. The fourth-order valence-electron chi connectivity index (χ4n) is 1.64. The molecule has 0 aliphatic rings. The largest absolute Gasteiger partial charge is 0.497 e. The maximum absolute atomic E-state index is 11.5. The van der Waals surface area contributed by atoms with Crippen LogP contribution in [0.15, 0.2) is 24.3 Å². The molecule has 2 N–H and O–H groups in total. The number of aliphatic carboxylic acids is 1. The second-order valence-electron chi connectivity index (χ2n) is 4.20. The predicted molar refractivity (Wildman–Crippen MR) is 71.2 cm³/mol. The van der Waals surface area contributed by atoms with Crippen LogP contribution in [0.1, 0.15) is 24.8 Å². The number of nitrogens with one attached hydrogen (secondary N) is 1. The molecule has 0 spiro atoms. The van der Waals surface area contributed by atoms with E-state index >= 15 is 0 Å². The molecule has 5 nitrogen and oxygen atoms in total. The molecule has 1 amide bonds. The zero-order valence-electron chi connectivity index (χ0n) is 11.0. The van der Waals surface area contributed by atoms with Gasteiger partial charge in [-0.25, -0.2) is 0 Å². The molecule has 0 fully saturated rings. The second kappa shape index (κ2) is 8.13. The summed E-state index contributed by atoms with van der Waals surface area (Å²) >= 11 is 0. The lowest BCUT2D eigenvalue weighted by Crippen LogP contribution is -2.25. The summed E-state index contributed by atoms with van der Waals surface area (Å²) in [6.07, 6.45) is 1.57. The van der Waals surface area contributed by atoms with Crippen LogP contribution < -0.4 is 10.1 Å². The van der Waals surface area contributed by atoms with E-state index in [-0.39, 0.29) is 12.3 Å². The lowest BCUT2D eigenvalue weighted by molar-refractivity contribution is -0.137. The van der Waals surface area contributed by atoms with E-state index < -0.39 is 5.97 Å². The molecule has 0 aliphatic heterocycles. The first-order valence-corrected chi connectivity index (χ1v) is 6.23. The average Bonchev–Trinajstić information content (AvgIpc) is 2.41. The lowest BCUT2D eigenvalue weighted by Gasteiger charge is -2.06. The molecule has 0 bridgehead atoms. The quantitative estimate of drug-likeness (QED) is 0.700. The third-order valence-electron chi connectivity index (χ3n) is 2.66. The van der Waals surface area contributed by atoms with E-state index in [4.69, 9.17) is 9.84 Å². The molecule has 0 unspecified atom stereocenters. The Kier molecular flexibility index (Phi) is 6.43. The van der Waals surface area contributed by atoms with Gasteiger partial charge in [-0.1, -0.05) is 12.1 Å². The minimum Gasteiger partial charge on any atom is -0.497 e. The molecular formula is C14H19NO4. The molecule has 1 aromatic rings. The highest BCUT2D eigenvalue weighted by atomic mass is 16.5. The van der Waals surface area contributed by atoms with Gasteiger partial charge in [0.1, 0.15) is 5.75 Å². The van der Waals surface area contributed by atoms with Crippen molar-refractivity contribution in [3.05, 3.63) is 29.8 Å². The van der Waals surface area contributed by atoms with E-state index in [9.17, 15) is 9.59 Å². The van der Waals surface area contributed by atoms with Crippen molar-refractivity contribution >= 4 is 11.9 Å². The van der Waals surface area contributed by atoms with Crippen molar-refractivity contribution in [2.45, 2.75) is 25.7 Å². The van der Waals surface area contributed by atoms with E-state index in [0.29, 0.717) is 25.8 Å². The van der Waals surface area contributed by atoms with Crippen LogP contribution in [-0.4, -0.2) is 30.6 Å². The fraction of sp³-hybridized carbons (Fsp3) is 0.429. The van der Waals surface area contributed by atoms with E-state index in [1.54, 1.807) is 7.11 Å². The molecule has 19 heavy (non-hydrogen) atoms. The van der Waals surface area contributed by atoms with Crippen LogP contribution in [-0.2, 0) is 16.0 Å². The molecule has 104 valence electrons. The summed E-state index contributed by atoms with van der Waals surface area (Å²) in [5, 5.41) is 11.2. The highest BCUT2D eigenvalue weighted by Gasteiger charge is 2.03. The Morgan fingerprint density at radius 2 is 2.11 bits per heavy atom. The SMILES string of the molecule is COc1cccc(CCC(=O)NCCCC(=O)O)c1. The molecule has 1 aromatic carbocycles. The summed E-state index contributed by atoms with van der Waals surface area (Å²) in [6, 6.07) is 7.59. The Morgan fingerprint density at radius 1 is 1.32 bits per heavy atom. The topological polar surface area (TPSA) is 75.6 Å². The molecule has 0 heterocycles. The van der Waals surface area contributed by atoms with Crippen molar-refractivity contribution in [1.82, 2.24) is 5.32 Å². The number of methoxy groups -OCH3 is 1. The standard InChI is InChI=1S/C14H19NO4/c1-19-12-5-2-4-11(10-12)7-8-13(16)15-9-3-6-14(17)18/h2,4-5,10H,3,6-9H2,1H3,(H,15,16)(H,17,18). The van der Waals surface area contributed by atoms with Crippen LogP contribution in [0.5, 0.6) is 5.75 Å². The summed E-state index contributed by atoms with van der Waals surface area (Å²) < 4.78 is 5.11. The fourth-order valence-corrected chi connectivity index (χ4v) is 1.64. The third-order valence-corrected chi connectivity index (χ3v) is 2.66. The van der Waals surface area contributed by atoms with Gasteiger partial charge in [0.2, 0.25) is 5.91 Å². The van der Waals surface area contributed by atoms with Gasteiger partial charge in [-0.05, 0) is 30.5 Å². The van der Waals surface area contributed by atoms with Gasteiger partial charge < -0.3 is 15.2 Å². The smallest absolute Gasteiger partial charge is 0.303 e. The second-order valence-corrected chi connectivity index (χ2v) is 4.20. The van der Waals surface area contributed by atoms with Crippen molar-refractivity contribution in [2.24, 2.45) is 0 Å². The van der Waals surface area contributed by atoms with Crippen molar-refractivity contribution in [1.29, 1.82) is 0 Å². The molecular weight excluding hydrogens is 246 g/mol. The van der Waals surface area contributed by atoms with Crippen LogP contribution in [0, 0.1) is 0 Å². The van der Waals surface area contributed by atoms with Gasteiger partial charge in [0, 0.05) is 19.4 Å². The summed E-state index contributed by atoms with van der Waals surface area (Å²) in [5.41, 5.74) is 1.04. The number of amides is 1. The van der Waals surface area contributed by atoms with Crippen molar-refractivity contribution < 1.29 is 19.4 Å². The molecule has 0 saturated carbocycles. The Hall–Kier alpha value is -2.04. The zero-order chi connectivity index (χ0) is 14.1. The number of rotatable bonds is 8. The maximum Gasteiger partial charge on any atom is 0.303 e. The van der Waals surface area contributed by atoms with Crippen LogP contribution in [0.2, 0.25) is 0 Å². The zero-order valence-corrected chi connectivity index (χ0v) is 11.0. The van der Waals surface area contributed by atoms with E-state index in [1.165, 1.54) is 0 Å². The highest BCUT2D eigenvalue weighted by molar-refractivity contribution is 5.76. The monoisotopic (exact) mass is 265 g/mol. The van der Waals surface area contributed by atoms with Gasteiger partial charge in [-0.15, -0.1) is 0 Å². The number of carboxylic acids is 1. The number of hydrogen-bond donors (Lipinski definition) is 2. The Balaban J connectivity index is 2.24. The first-order valence-electron chi connectivity index (χ1n) is 6.23. The van der Waals surface area contributed by atoms with E-state index in [1.807, 2.05) is 24.3 Å². The summed E-state index contributed by atoms with van der Waals surface area (Å²) in [6.45, 7) is 0.406.